The minimum Gasteiger partial charge on any atom is -0.354 e. The maximum Gasteiger partial charge on any atom is 0.244 e. The Morgan fingerprint density at radius 3 is 2.07 bits per heavy atom. The number of amides is 2. The lowest BCUT2D eigenvalue weighted by atomic mass is 10.0. The van der Waals surface area contributed by atoms with Crippen molar-refractivity contribution in [1.82, 2.24) is 10.2 Å². The lowest BCUT2D eigenvalue weighted by Gasteiger charge is -2.34. The average Bonchev–Trinajstić information content (AvgIpc) is 2.91. The van der Waals surface area contributed by atoms with Crippen molar-refractivity contribution in [3.63, 3.8) is 0 Å². The fourth-order valence-corrected chi connectivity index (χ4v) is 5.83. The highest BCUT2D eigenvalue weighted by Gasteiger charge is 2.34. The van der Waals surface area contributed by atoms with E-state index in [1.807, 2.05) is 44.2 Å². The van der Waals surface area contributed by atoms with Gasteiger partial charge in [-0.25, -0.2) is 8.42 Å². The average molecular weight is 659 g/mol. The fraction of sp³-hybridized carbons (Fsp3) is 0.310. The molecule has 1 N–H and O–H groups in total. The van der Waals surface area contributed by atoms with Crippen LogP contribution in [0.5, 0.6) is 0 Å². The van der Waals surface area contributed by atoms with Crippen LogP contribution in [0.3, 0.4) is 0 Å². The van der Waals surface area contributed by atoms with Crippen LogP contribution in [0, 0.1) is 5.92 Å². The standard InChI is InChI=1S/C29H31Cl4N3O4S/c1-19(2)16-34-29(38)27(13-20-9-5-4-6-10-20)35(17-21-11-7-8-12-22(21)30)28(37)18-36(41(3,39)40)26-15-24(32)23(31)14-25(26)33/h4-12,14-15,19,27H,13,16-18H2,1-3H3,(H,34,38). The van der Waals surface area contributed by atoms with Crippen molar-refractivity contribution in [2.24, 2.45) is 5.92 Å². The molecular formula is C29H31Cl4N3O4S. The van der Waals surface area contributed by atoms with Crippen LogP contribution in [0.1, 0.15) is 25.0 Å². The van der Waals surface area contributed by atoms with Crippen LogP contribution >= 0.6 is 46.4 Å². The third kappa shape index (κ3) is 9.25. The molecule has 0 fully saturated rings. The van der Waals surface area contributed by atoms with Crippen molar-refractivity contribution < 1.29 is 18.0 Å². The van der Waals surface area contributed by atoms with Crippen molar-refractivity contribution in [3.8, 4) is 0 Å². The lowest BCUT2D eigenvalue weighted by molar-refractivity contribution is -0.140. The van der Waals surface area contributed by atoms with E-state index < -0.39 is 28.5 Å². The first-order valence-corrected chi connectivity index (χ1v) is 16.1. The molecule has 7 nitrogen and oxygen atoms in total. The molecule has 3 aromatic rings. The first kappa shape index (κ1) is 33.0. The van der Waals surface area contributed by atoms with Crippen molar-refractivity contribution in [2.75, 3.05) is 23.7 Å². The number of nitrogens with one attached hydrogen (secondary N) is 1. The highest BCUT2D eigenvalue weighted by molar-refractivity contribution is 7.92. The second-order valence-corrected chi connectivity index (χ2v) is 13.5. The largest absolute Gasteiger partial charge is 0.354 e. The summed E-state index contributed by atoms with van der Waals surface area (Å²) in [5.41, 5.74) is 1.40. The molecule has 1 atom stereocenters. The summed E-state index contributed by atoms with van der Waals surface area (Å²) in [6, 6.07) is 17.8. The molecule has 12 heteroatoms. The molecule has 3 aromatic carbocycles. The van der Waals surface area contributed by atoms with E-state index in [2.05, 4.69) is 5.32 Å². The van der Waals surface area contributed by atoms with Crippen LogP contribution in [-0.2, 0) is 32.6 Å². The third-order valence-electron chi connectivity index (χ3n) is 6.19. The Kier molecular flexibility index (Phi) is 11.8. The second-order valence-electron chi connectivity index (χ2n) is 9.94. The number of carbonyl (C=O) groups excluding carboxylic acids is 2. The van der Waals surface area contributed by atoms with Gasteiger partial charge in [0.05, 0.1) is 27.0 Å². The molecule has 1 unspecified atom stereocenters. The van der Waals surface area contributed by atoms with Crippen molar-refractivity contribution >= 4 is 73.9 Å². The number of hydrogen-bond donors (Lipinski definition) is 1. The molecule has 0 aliphatic carbocycles. The quantitative estimate of drug-likeness (QED) is 0.226. The Hall–Kier alpha value is -2.49. The van der Waals surface area contributed by atoms with Crippen LogP contribution < -0.4 is 9.62 Å². The molecule has 3 rings (SSSR count). The van der Waals surface area contributed by atoms with Gasteiger partial charge in [-0.15, -0.1) is 0 Å². The molecule has 0 saturated carbocycles. The number of nitrogens with zero attached hydrogens (tertiary/aromatic N) is 2. The molecule has 0 radical (unpaired) electrons. The van der Waals surface area contributed by atoms with Gasteiger partial charge in [-0.3, -0.25) is 13.9 Å². The molecule has 0 aliphatic rings. The molecule has 220 valence electrons. The van der Waals surface area contributed by atoms with Gasteiger partial charge in [-0.2, -0.15) is 0 Å². The fourth-order valence-electron chi connectivity index (χ4n) is 4.08. The summed E-state index contributed by atoms with van der Waals surface area (Å²) < 4.78 is 26.7. The van der Waals surface area contributed by atoms with Gasteiger partial charge in [0.25, 0.3) is 0 Å². The lowest BCUT2D eigenvalue weighted by Crippen LogP contribution is -2.53. The molecule has 0 bridgehead atoms. The molecule has 41 heavy (non-hydrogen) atoms. The van der Waals surface area contributed by atoms with E-state index in [-0.39, 0.29) is 45.5 Å². The Morgan fingerprint density at radius 2 is 1.46 bits per heavy atom. The summed E-state index contributed by atoms with van der Waals surface area (Å²) in [6.45, 7) is 3.63. The smallest absolute Gasteiger partial charge is 0.244 e. The number of hydrogen-bond acceptors (Lipinski definition) is 4. The zero-order valence-electron chi connectivity index (χ0n) is 22.8. The molecule has 0 aliphatic heterocycles. The zero-order valence-corrected chi connectivity index (χ0v) is 26.6. The maximum absolute atomic E-state index is 14.1. The predicted molar refractivity (Wildman–Crippen MR) is 167 cm³/mol. The number of benzene rings is 3. The summed E-state index contributed by atoms with van der Waals surface area (Å²) in [6.07, 6.45) is 1.14. The Bertz CT molecular complexity index is 1490. The van der Waals surface area contributed by atoms with Gasteiger partial charge >= 0.3 is 0 Å². The molecule has 0 aromatic heterocycles. The van der Waals surface area contributed by atoms with E-state index in [1.54, 1.807) is 24.3 Å². The molecule has 0 spiro atoms. The van der Waals surface area contributed by atoms with E-state index in [9.17, 15) is 18.0 Å². The summed E-state index contributed by atoms with van der Waals surface area (Å²) in [5.74, 6) is -0.846. The first-order valence-electron chi connectivity index (χ1n) is 12.7. The Balaban J connectivity index is 2.10. The highest BCUT2D eigenvalue weighted by Crippen LogP contribution is 2.36. The Morgan fingerprint density at radius 1 is 0.854 bits per heavy atom. The van der Waals surface area contributed by atoms with Crippen molar-refractivity contribution in [3.05, 3.63) is 97.9 Å². The van der Waals surface area contributed by atoms with Crippen LogP contribution in [0.15, 0.2) is 66.7 Å². The van der Waals surface area contributed by atoms with Crippen LogP contribution in [-0.4, -0.2) is 50.5 Å². The molecule has 0 heterocycles. The molecule has 0 saturated heterocycles. The van der Waals surface area contributed by atoms with Gasteiger partial charge in [-0.05, 0) is 35.2 Å². The van der Waals surface area contributed by atoms with E-state index in [1.165, 1.54) is 17.0 Å². The summed E-state index contributed by atoms with van der Waals surface area (Å²) in [5, 5.41) is 3.51. The van der Waals surface area contributed by atoms with Crippen molar-refractivity contribution in [2.45, 2.75) is 32.9 Å². The zero-order chi connectivity index (χ0) is 30.3. The summed E-state index contributed by atoms with van der Waals surface area (Å²) in [7, 11) is -4.03. The van der Waals surface area contributed by atoms with Gasteiger partial charge in [-0.1, -0.05) is 109 Å². The minimum absolute atomic E-state index is 0.00853. The summed E-state index contributed by atoms with van der Waals surface area (Å²) >= 11 is 25.0. The number of halogens is 4. The van der Waals surface area contributed by atoms with Gasteiger partial charge in [0.15, 0.2) is 0 Å². The monoisotopic (exact) mass is 657 g/mol. The van der Waals surface area contributed by atoms with Crippen molar-refractivity contribution in [1.29, 1.82) is 0 Å². The van der Waals surface area contributed by atoms with E-state index in [0.29, 0.717) is 17.1 Å². The molecular weight excluding hydrogens is 628 g/mol. The summed E-state index contributed by atoms with van der Waals surface area (Å²) in [4.78, 5) is 29.1. The van der Waals surface area contributed by atoms with Gasteiger partial charge in [0.1, 0.15) is 12.6 Å². The number of sulfonamides is 1. The number of anilines is 1. The number of carbonyl (C=O) groups is 2. The van der Waals surface area contributed by atoms with E-state index in [0.717, 1.165) is 16.1 Å². The molecule has 2 amide bonds. The topological polar surface area (TPSA) is 86.8 Å². The van der Waals surface area contributed by atoms with Gasteiger partial charge < -0.3 is 10.2 Å². The van der Waals surface area contributed by atoms with Crippen LogP contribution in [0.4, 0.5) is 5.69 Å². The normalized spacial score (nSPS) is 12.2. The number of rotatable bonds is 12. The van der Waals surface area contributed by atoms with E-state index >= 15 is 0 Å². The second kappa shape index (κ2) is 14.6. The van der Waals surface area contributed by atoms with E-state index in [4.69, 9.17) is 46.4 Å². The SMILES string of the molecule is CC(C)CNC(=O)C(Cc1ccccc1)N(Cc1ccccc1Cl)C(=O)CN(c1cc(Cl)c(Cl)cc1Cl)S(C)(=O)=O. The highest BCUT2D eigenvalue weighted by atomic mass is 35.5. The maximum atomic E-state index is 14.1. The van der Waals surface area contributed by atoms with Crippen LogP contribution in [0.25, 0.3) is 0 Å². The van der Waals surface area contributed by atoms with Gasteiger partial charge in [0.2, 0.25) is 21.8 Å². The Labute approximate surface area is 261 Å². The predicted octanol–water partition coefficient (Wildman–Crippen LogP) is 6.48. The first-order chi connectivity index (χ1) is 19.3. The van der Waals surface area contributed by atoms with Gasteiger partial charge in [0, 0.05) is 24.5 Å². The minimum atomic E-state index is -4.03. The van der Waals surface area contributed by atoms with Crippen LogP contribution in [0.2, 0.25) is 20.1 Å². The third-order valence-corrected chi connectivity index (χ3v) is 8.71.